The van der Waals surface area contributed by atoms with Crippen LogP contribution in [0.4, 0.5) is 4.39 Å². The average molecular weight is 307 g/mol. The molecule has 0 radical (unpaired) electrons. The number of hydrogen-bond donors (Lipinski definition) is 0. The number of hydrogen-bond acceptors (Lipinski definition) is 1. The lowest BCUT2D eigenvalue weighted by atomic mass is 10.2. The Hall–Kier alpha value is -0.160. The molecule has 0 heterocycles. The molecule has 0 aliphatic carbocycles. The quantitative estimate of drug-likeness (QED) is 0.772. The van der Waals surface area contributed by atoms with Crippen LogP contribution in [-0.2, 0) is 6.54 Å². The molecule has 0 spiro atoms. The summed E-state index contributed by atoms with van der Waals surface area (Å²) in [5, 5.41) is 0. The van der Waals surface area contributed by atoms with Gasteiger partial charge in [-0.1, -0.05) is 13.8 Å². The smallest absolute Gasteiger partial charge is 0.127 e. The molecule has 0 unspecified atom stereocenters. The Morgan fingerprint density at radius 1 is 1.29 bits per heavy atom. The Morgan fingerprint density at radius 2 is 1.93 bits per heavy atom. The van der Waals surface area contributed by atoms with Gasteiger partial charge in [-0.3, -0.25) is 4.90 Å². The minimum absolute atomic E-state index is 0.0997. The number of halogens is 2. The maximum Gasteiger partial charge on any atom is 0.127 e. The van der Waals surface area contributed by atoms with E-state index in [4.69, 9.17) is 0 Å². The molecule has 0 amide bonds. The van der Waals surface area contributed by atoms with Crippen molar-refractivity contribution in [3.05, 3.63) is 33.1 Å². The first-order chi connectivity index (χ1) is 6.67. The van der Waals surface area contributed by atoms with Gasteiger partial charge in [0.05, 0.1) is 0 Å². The van der Waals surface area contributed by atoms with E-state index < -0.39 is 0 Å². The first kappa shape index (κ1) is 11.9. The van der Waals surface area contributed by atoms with Crippen molar-refractivity contribution in [3.8, 4) is 0 Å². The van der Waals surface area contributed by atoms with E-state index in [1.54, 1.807) is 12.1 Å². The molecule has 1 aromatic carbocycles. The van der Waals surface area contributed by atoms with Crippen LogP contribution in [0.2, 0.25) is 0 Å². The van der Waals surface area contributed by atoms with Gasteiger partial charge in [-0.05, 0) is 53.9 Å². The second-order valence-electron chi connectivity index (χ2n) is 3.20. The van der Waals surface area contributed by atoms with Gasteiger partial charge in [0, 0.05) is 15.7 Å². The molecule has 0 saturated heterocycles. The molecule has 0 aromatic heterocycles. The summed E-state index contributed by atoms with van der Waals surface area (Å²) < 4.78 is 14.5. The molecule has 0 saturated carbocycles. The molecule has 3 heteroatoms. The average Bonchev–Trinajstić information content (AvgIpc) is 2.19. The maximum absolute atomic E-state index is 13.4. The van der Waals surface area contributed by atoms with Crippen molar-refractivity contribution in [1.29, 1.82) is 0 Å². The maximum atomic E-state index is 13.4. The van der Waals surface area contributed by atoms with Crippen LogP contribution < -0.4 is 0 Å². The van der Waals surface area contributed by atoms with Crippen LogP contribution in [0.25, 0.3) is 0 Å². The standard InChI is InChI=1S/C11H15FIN/c1-3-14(4-2)8-9-7-10(13)5-6-11(9)12/h5-7H,3-4,8H2,1-2H3. The first-order valence-electron chi connectivity index (χ1n) is 4.83. The molecule has 14 heavy (non-hydrogen) atoms. The van der Waals surface area contributed by atoms with Crippen LogP contribution in [0.1, 0.15) is 19.4 Å². The number of nitrogens with zero attached hydrogens (tertiary/aromatic N) is 1. The first-order valence-corrected chi connectivity index (χ1v) is 5.91. The third kappa shape index (κ3) is 3.20. The summed E-state index contributed by atoms with van der Waals surface area (Å²) in [7, 11) is 0. The van der Waals surface area contributed by atoms with E-state index in [1.165, 1.54) is 0 Å². The fourth-order valence-electron chi connectivity index (χ4n) is 1.35. The Morgan fingerprint density at radius 3 is 2.50 bits per heavy atom. The van der Waals surface area contributed by atoms with Crippen molar-refractivity contribution in [2.24, 2.45) is 0 Å². The van der Waals surface area contributed by atoms with Crippen LogP contribution >= 0.6 is 22.6 Å². The summed E-state index contributed by atoms with van der Waals surface area (Å²) in [6.45, 7) is 6.81. The lowest BCUT2D eigenvalue weighted by Gasteiger charge is -2.18. The summed E-state index contributed by atoms with van der Waals surface area (Å²) in [6.07, 6.45) is 0. The highest BCUT2D eigenvalue weighted by Gasteiger charge is 2.06. The van der Waals surface area contributed by atoms with Gasteiger partial charge in [0.25, 0.3) is 0 Å². The SMILES string of the molecule is CCN(CC)Cc1cc(I)ccc1F. The van der Waals surface area contributed by atoms with Gasteiger partial charge >= 0.3 is 0 Å². The zero-order valence-corrected chi connectivity index (χ0v) is 10.7. The number of benzene rings is 1. The molecule has 1 rings (SSSR count). The lowest BCUT2D eigenvalue weighted by molar-refractivity contribution is 0.291. The fourth-order valence-corrected chi connectivity index (χ4v) is 1.91. The van der Waals surface area contributed by atoms with Crippen LogP contribution in [-0.4, -0.2) is 18.0 Å². The van der Waals surface area contributed by atoms with Gasteiger partial charge < -0.3 is 0 Å². The van der Waals surface area contributed by atoms with Crippen molar-refractivity contribution in [1.82, 2.24) is 4.90 Å². The molecule has 0 bridgehead atoms. The Balaban J connectivity index is 2.79. The molecule has 0 aliphatic heterocycles. The zero-order chi connectivity index (χ0) is 10.6. The lowest BCUT2D eigenvalue weighted by Crippen LogP contribution is -2.22. The third-order valence-electron chi connectivity index (χ3n) is 2.30. The van der Waals surface area contributed by atoms with Crippen molar-refractivity contribution in [2.45, 2.75) is 20.4 Å². The van der Waals surface area contributed by atoms with Crippen LogP contribution in [0, 0.1) is 9.39 Å². The minimum Gasteiger partial charge on any atom is -0.300 e. The second kappa shape index (κ2) is 5.66. The fraction of sp³-hybridized carbons (Fsp3) is 0.455. The Kier molecular flexibility index (Phi) is 4.81. The van der Waals surface area contributed by atoms with E-state index in [0.717, 1.165) is 22.2 Å². The molecule has 78 valence electrons. The van der Waals surface area contributed by atoms with Gasteiger partial charge in [0.15, 0.2) is 0 Å². The van der Waals surface area contributed by atoms with Crippen molar-refractivity contribution >= 4 is 22.6 Å². The van der Waals surface area contributed by atoms with Gasteiger partial charge in [-0.25, -0.2) is 4.39 Å². The highest BCUT2D eigenvalue weighted by molar-refractivity contribution is 14.1. The van der Waals surface area contributed by atoms with Crippen LogP contribution in [0.15, 0.2) is 18.2 Å². The minimum atomic E-state index is -0.0997. The van der Waals surface area contributed by atoms with Crippen molar-refractivity contribution in [3.63, 3.8) is 0 Å². The largest absolute Gasteiger partial charge is 0.300 e. The van der Waals surface area contributed by atoms with E-state index in [9.17, 15) is 4.39 Å². The second-order valence-corrected chi connectivity index (χ2v) is 4.44. The summed E-state index contributed by atoms with van der Waals surface area (Å²) >= 11 is 2.21. The third-order valence-corrected chi connectivity index (χ3v) is 2.97. The Bertz CT molecular complexity index is 297. The van der Waals surface area contributed by atoms with Gasteiger partial charge in [-0.2, -0.15) is 0 Å². The summed E-state index contributed by atoms with van der Waals surface area (Å²) in [4.78, 5) is 2.20. The molecule has 1 aromatic rings. The predicted octanol–water partition coefficient (Wildman–Crippen LogP) is 3.27. The van der Waals surface area contributed by atoms with E-state index in [-0.39, 0.29) is 5.82 Å². The van der Waals surface area contributed by atoms with E-state index in [2.05, 4.69) is 41.3 Å². The molecule has 1 nitrogen and oxygen atoms in total. The summed E-state index contributed by atoms with van der Waals surface area (Å²) in [5.41, 5.74) is 0.792. The highest BCUT2D eigenvalue weighted by atomic mass is 127. The normalized spacial score (nSPS) is 10.9. The summed E-state index contributed by atoms with van der Waals surface area (Å²) in [6, 6.07) is 5.25. The molecule has 0 fully saturated rings. The zero-order valence-electron chi connectivity index (χ0n) is 8.56. The monoisotopic (exact) mass is 307 g/mol. The van der Waals surface area contributed by atoms with E-state index in [0.29, 0.717) is 6.54 Å². The van der Waals surface area contributed by atoms with Gasteiger partial charge in [0.2, 0.25) is 0 Å². The van der Waals surface area contributed by atoms with Crippen molar-refractivity contribution in [2.75, 3.05) is 13.1 Å². The van der Waals surface area contributed by atoms with Gasteiger partial charge in [0.1, 0.15) is 5.82 Å². The van der Waals surface area contributed by atoms with E-state index >= 15 is 0 Å². The van der Waals surface area contributed by atoms with E-state index in [1.807, 2.05) is 6.07 Å². The summed E-state index contributed by atoms with van der Waals surface area (Å²) in [5.74, 6) is -0.0997. The van der Waals surface area contributed by atoms with Crippen LogP contribution in [0.3, 0.4) is 0 Å². The molecule has 0 aliphatic rings. The van der Waals surface area contributed by atoms with Crippen LogP contribution in [0.5, 0.6) is 0 Å². The number of rotatable bonds is 4. The van der Waals surface area contributed by atoms with Crippen molar-refractivity contribution < 1.29 is 4.39 Å². The molecular weight excluding hydrogens is 292 g/mol. The predicted molar refractivity (Wildman–Crippen MR) is 65.7 cm³/mol. The molecular formula is C11H15FIN. The Labute approximate surface area is 98.4 Å². The van der Waals surface area contributed by atoms with Gasteiger partial charge in [-0.15, -0.1) is 0 Å². The highest BCUT2D eigenvalue weighted by Crippen LogP contribution is 2.14. The topological polar surface area (TPSA) is 3.24 Å². The molecule has 0 atom stereocenters. The molecule has 0 N–H and O–H groups in total.